The van der Waals surface area contributed by atoms with Gasteiger partial charge in [0.1, 0.15) is 12.4 Å². The average molecular weight is 190 g/mol. The van der Waals surface area contributed by atoms with E-state index in [0.717, 1.165) is 16.9 Å². The van der Waals surface area contributed by atoms with Gasteiger partial charge in [-0.1, -0.05) is 18.2 Å². The van der Waals surface area contributed by atoms with Gasteiger partial charge in [-0.25, -0.2) is 4.79 Å². The second-order valence-electron chi connectivity index (χ2n) is 3.21. The number of carbonyl (C=O) groups is 1. The van der Waals surface area contributed by atoms with Crippen molar-refractivity contribution in [1.82, 2.24) is 0 Å². The van der Waals surface area contributed by atoms with Gasteiger partial charge < -0.3 is 9.84 Å². The molecule has 0 saturated carbocycles. The van der Waals surface area contributed by atoms with Gasteiger partial charge in [-0.2, -0.15) is 0 Å². The van der Waals surface area contributed by atoms with E-state index in [1.807, 2.05) is 24.3 Å². The summed E-state index contributed by atoms with van der Waals surface area (Å²) >= 11 is 0. The maximum atomic E-state index is 10.4. The lowest BCUT2D eigenvalue weighted by molar-refractivity contribution is -0.131. The monoisotopic (exact) mass is 190 g/mol. The SMILES string of the molecule is O=C(O)C=C1COc2ccccc2C1. The quantitative estimate of drug-likeness (QED) is 0.684. The number of fused-ring (bicyclic) bond motifs is 1. The maximum Gasteiger partial charge on any atom is 0.328 e. The highest BCUT2D eigenvalue weighted by Crippen LogP contribution is 2.26. The lowest BCUT2D eigenvalue weighted by Crippen LogP contribution is -2.13. The second-order valence-corrected chi connectivity index (χ2v) is 3.21. The number of ether oxygens (including phenoxy) is 1. The van der Waals surface area contributed by atoms with Crippen molar-refractivity contribution >= 4 is 5.97 Å². The molecule has 14 heavy (non-hydrogen) atoms. The Bertz CT molecular complexity index is 393. The van der Waals surface area contributed by atoms with Crippen LogP contribution in [0.25, 0.3) is 0 Å². The van der Waals surface area contributed by atoms with Gasteiger partial charge in [-0.05, 0) is 17.2 Å². The molecule has 0 fully saturated rings. The molecule has 0 radical (unpaired) electrons. The molecule has 0 atom stereocenters. The minimum Gasteiger partial charge on any atom is -0.489 e. The summed E-state index contributed by atoms with van der Waals surface area (Å²) in [5.74, 6) is -0.0574. The van der Waals surface area contributed by atoms with Gasteiger partial charge in [-0.3, -0.25) is 0 Å². The molecule has 0 bridgehead atoms. The molecule has 72 valence electrons. The lowest BCUT2D eigenvalue weighted by atomic mass is 10.0. The minimum absolute atomic E-state index is 0.378. The lowest BCUT2D eigenvalue weighted by Gasteiger charge is -2.18. The molecule has 3 heteroatoms. The fourth-order valence-corrected chi connectivity index (χ4v) is 1.52. The van der Waals surface area contributed by atoms with Crippen molar-refractivity contribution in [2.24, 2.45) is 0 Å². The summed E-state index contributed by atoms with van der Waals surface area (Å²) in [4.78, 5) is 10.4. The van der Waals surface area contributed by atoms with Crippen LogP contribution in [0.3, 0.4) is 0 Å². The molecule has 1 heterocycles. The van der Waals surface area contributed by atoms with Gasteiger partial charge in [-0.15, -0.1) is 0 Å². The second kappa shape index (κ2) is 3.54. The third-order valence-electron chi connectivity index (χ3n) is 2.13. The summed E-state index contributed by atoms with van der Waals surface area (Å²) < 4.78 is 5.41. The molecular formula is C11H10O3. The van der Waals surface area contributed by atoms with Crippen LogP contribution in [0.2, 0.25) is 0 Å². The summed E-state index contributed by atoms with van der Waals surface area (Å²) in [5, 5.41) is 8.58. The Morgan fingerprint density at radius 2 is 2.21 bits per heavy atom. The van der Waals surface area contributed by atoms with E-state index >= 15 is 0 Å². The van der Waals surface area contributed by atoms with Crippen LogP contribution in [0.15, 0.2) is 35.9 Å². The fraction of sp³-hybridized carbons (Fsp3) is 0.182. The van der Waals surface area contributed by atoms with Crippen molar-refractivity contribution < 1.29 is 14.6 Å². The van der Waals surface area contributed by atoms with Crippen molar-refractivity contribution in [2.45, 2.75) is 6.42 Å². The van der Waals surface area contributed by atoms with E-state index in [1.165, 1.54) is 6.08 Å². The van der Waals surface area contributed by atoms with Gasteiger partial charge in [0.15, 0.2) is 0 Å². The van der Waals surface area contributed by atoms with Crippen molar-refractivity contribution in [3.05, 3.63) is 41.5 Å². The third kappa shape index (κ3) is 1.76. The van der Waals surface area contributed by atoms with Crippen LogP contribution in [-0.4, -0.2) is 17.7 Å². The normalized spacial score (nSPS) is 17.3. The van der Waals surface area contributed by atoms with Crippen LogP contribution in [0.4, 0.5) is 0 Å². The van der Waals surface area contributed by atoms with Crippen molar-refractivity contribution in [3.63, 3.8) is 0 Å². The summed E-state index contributed by atoms with van der Waals surface area (Å²) in [5.41, 5.74) is 1.85. The first-order valence-electron chi connectivity index (χ1n) is 4.39. The van der Waals surface area contributed by atoms with Crippen LogP contribution in [0, 0.1) is 0 Å². The molecule has 0 aromatic heterocycles. The van der Waals surface area contributed by atoms with E-state index in [0.29, 0.717) is 13.0 Å². The minimum atomic E-state index is -0.914. The molecule has 0 saturated heterocycles. The first-order valence-corrected chi connectivity index (χ1v) is 4.39. The zero-order chi connectivity index (χ0) is 9.97. The smallest absolute Gasteiger partial charge is 0.328 e. The van der Waals surface area contributed by atoms with E-state index in [4.69, 9.17) is 9.84 Å². The molecule has 2 rings (SSSR count). The highest BCUT2D eigenvalue weighted by Gasteiger charge is 2.13. The number of benzene rings is 1. The Morgan fingerprint density at radius 3 is 3.00 bits per heavy atom. The summed E-state index contributed by atoms with van der Waals surface area (Å²) in [6, 6.07) is 7.67. The predicted molar refractivity (Wildman–Crippen MR) is 51.4 cm³/mol. The molecule has 3 nitrogen and oxygen atoms in total. The van der Waals surface area contributed by atoms with Gasteiger partial charge >= 0.3 is 5.97 Å². The molecule has 0 unspecified atom stereocenters. The molecule has 0 amide bonds. The molecule has 1 aromatic rings. The van der Waals surface area contributed by atoms with Crippen LogP contribution < -0.4 is 4.74 Å². The highest BCUT2D eigenvalue weighted by atomic mass is 16.5. The summed E-state index contributed by atoms with van der Waals surface area (Å²) in [6.45, 7) is 0.378. The number of aliphatic carboxylic acids is 1. The first kappa shape index (κ1) is 8.81. The van der Waals surface area contributed by atoms with Crippen LogP contribution >= 0.6 is 0 Å². The third-order valence-corrected chi connectivity index (χ3v) is 2.13. The Labute approximate surface area is 81.6 Å². The number of carboxylic acids is 1. The molecular weight excluding hydrogens is 180 g/mol. The average Bonchev–Trinajstić information content (AvgIpc) is 2.17. The molecule has 1 aromatic carbocycles. The molecule has 1 aliphatic heterocycles. The summed E-state index contributed by atoms with van der Waals surface area (Å²) in [7, 11) is 0. The standard InChI is InChI=1S/C11H10O3/c12-11(13)6-8-5-9-3-1-2-4-10(9)14-7-8/h1-4,6H,5,7H2,(H,12,13). The van der Waals surface area contributed by atoms with Gasteiger partial charge in [0.2, 0.25) is 0 Å². The zero-order valence-electron chi connectivity index (χ0n) is 7.56. The van der Waals surface area contributed by atoms with Crippen LogP contribution in [-0.2, 0) is 11.2 Å². The Morgan fingerprint density at radius 1 is 1.43 bits per heavy atom. The van der Waals surface area contributed by atoms with Gasteiger partial charge in [0.25, 0.3) is 0 Å². The number of hydrogen-bond donors (Lipinski definition) is 1. The first-order chi connectivity index (χ1) is 6.75. The van der Waals surface area contributed by atoms with E-state index in [1.54, 1.807) is 0 Å². The number of rotatable bonds is 1. The van der Waals surface area contributed by atoms with E-state index in [2.05, 4.69) is 0 Å². The topological polar surface area (TPSA) is 46.5 Å². The molecule has 1 aliphatic rings. The number of carboxylic acid groups (broad SMARTS) is 1. The van der Waals surface area contributed by atoms with Gasteiger partial charge in [0, 0.05) is 12.5 Å². The van der Waals surface area contributed by atoms with E-state index in [-0.39, 0.29) is 0 Å². The largest absolute Gasteiger partial charge is 0.489 e. The van der Waals surface area contributed by atoms with E-state index < -0.39 is 5.97 Å². The van der Waals surface area contributed by atoms with Crippen LogP contribution in [0.5, 0.6) is 5.75 Å². The Hall–Kier alpha value is -1.77. The van der Waals surface area contributed by atoms with Gasteiger partial charge in [0.05, 0.1) is 0 Å². The predicted octanol–water partition coefficient (Wildman–Crippen LogP) is 1.63. The molecule has 1 N–H and O–H groups in total. The van der Waals surface area contributed by atoms with Crippen molar-refractivity contribution in [3.8, 4) is 5.75 Å². The number of hydrogen-bond acceptors (Lipinski definition) is 2. The van der Waals surface area contributed by atoms with E-state index in [9.17, 15) is 4.79 Å². The maximum absolute atomic E-state index is 10.4. The summed E-state index contributed by atoms with van der Waals surface area (Å²) in [6.07, 6.45) is 1.89. The zero-order valence-corrected chi connectivity index (χ0v) is 7.56. The highest BCUT2D eigenvalue weighted by molar-refractivity contribution is 5.81. The van der Waals surface area contributed by atoms with Crippen molar-refractivity contribution in [1.29, 1.82) is 0 Å². The number of para-hydroxylation sites is 1. The molecule has 0 aliphatic carbocycles. The Kier molecular flexibility index (Phi) is 2.23. The fourth-order valence-electron chi connectivity index (χ4n) is 1.52. The van der Waals surface area contributed by atoms with Crippen LogP contribution in [0.1, 0.15) is 5.56 Å². The van der Waals surface area contributed by atoms with Crippen molar-refractivity contribution in [2.75, 3.05) is 6.61 Å². The molecule has 0 spiro atoms. The Balaban J connectivity index is 2.25.